The summed E-state index contributed by atoms with van der Waals surface area (Å²) in [5.74, 6) is 0.512. The molecule has 0 aromatic heterocycles. The van der Waals surface area contributed by atoms with Crippen LogP contribution in [0.1, 0.15) is 16.7 Å². The van der Waals surface area contributed by atoms with E-state index in [9.17, 15) is 13.2 Å². The van der Waals surface area contributed by atoms with E-state index in [-0.39, 0.29) is 28.7 Å². The van der Waals surface area contributed by atoms with Crippen molar-refractivity contribution in [3.8, 4) is 0 Å². The van der Waals surface area contributed by atoms with Crippen LogP contribution in [0.15, 0.2) is 47.5 Å². The summed E-state index contributed by atoms with van der Waals surface area (Å²) in [6.45, 7) is 7.47. The molecule has 34 heavy (non-hydrogen) atoms. The van der Waals surface area contributed by atoms with Crippen molar-refractivity contribution >= 4 is 44.0 Å². The van der Waals surface area contributed by atoms with Crippen molar-refractivity contribution in [1.29, 1.82) is 0 Å². The van der Waals surface area contributed by atoms with Gasteiger partial charge in [-0.3, -0.25) is 9.79 Å². The molecule has 0 saturated carbocycles. The highest BCUT2D eigenvalue weighted by molar-refractivity contribution is 8.15. The summed E-state index contributed by atoms with van der Waals surface area (Å²) < 4.78 is 23.4. The van der Waals surface area contributed by atoms with Gasteiger partial charge in [0.25, 0.3) is 0 Å². The van der Waals surface area contributed by atoms with Gasteiger partial charge in [0.2, 0.25) is 5.91 Å². The molecule has 2 fully saturated rings. The fourth-order valence-electron chi connectivity index (χ4n) is 4.81. The number of carbonyl (C=O) groups is 1. The van der Waals surface area contributed by atoms with E-state index in [1.807, 2.05) is 29.2 Å². The lowest BCUT2D eigenvalue weighted by Crippen LogP contribution is -2.49. The molecule has 3 aliphatic heterocycles. The molecule has 0 radical (unpaired) electrons. The van der Waals surface area contributed by atoms with Crippen LogP contribution in [0, 0.1) is 13.8 Å². The van der Waals surface area contributed by atoms with Crippen LogP contribution in [0.2, 0.25) is 0 Å². The molecule has 7 nitrogen and oxygen atoms in total. The Kier molecular flexibility index (Phi) is 6.33. The van der Waals surface area contributed by atoms with Crippen molar-refractivity contribution in [2.24, 2.45) is 4.99 Å². The topological polar surface area (TPSA) is 82.1 Å². The Balaban J connectivity index is 1.12. The van der Waals surface area contributed by atoms with Crippen molar-refractivity contribution in [3.05, 3.63) is 59.2 Å². The maximum Gasteiger partial charge on any atom is 0.227 e. The third kappa shape index (κ3) is 4.95. The van der Waals surface area contributed by atoms with Crippen LogP contribution >= 0.6 is 11.8 Å². The summed E-state index contributed by atoms with van der Waals surface area (Å²) in [6, 6.07) is 14.1. The fourth-order valence-corrected chi connectivity index (χ4v) is 8.48. The van der Waals surface area contributed by atoms with Gasteiger partial charge in [-0.1, -0.05) is 36.0 Å². The largest absolute Gasteiger partial charge is 0.368 e. The number of benzene rings is 2. The van der Waals surface area contributed by atoms with Crippen LogP contribution in [0.3, 0.4) is 0 Å². The Bertz CT molecular complexity index is 1220. The number of sulfone groups is 1. The number of thioether (sulfide) groups is 1. The van der Waals surface area contributed by atoms with E-state index in [1.165, 1.54) is 28.6 Å². The number of nitrogens with zero attached hydrogens (tertiary/aromatic N) is 3. The van der Waals surface area contributed by atoms with Crippen molar-refractivity contribution in [2.75, 3.05) is 47.9 Å². The maximum absolute atomic E-state index is 12.9. The number of nitrogens with one attached hydrogen (secondary N) is 1. The van der Waals surface area contributed by atoms with Crippen molar-refractivity contribution in [1.82, 2.24) is 4.90 Å². The molecule has 3 aliphatic rings. The molecule has 2 saturated heterocycles. The zero-order chi connectivity index (χ0) is 23.9. The van der Waals surface area contributed by atoms with Gasteiger partial charge in [-0.25, -0.2) is 8.42 Å². The monoisotopic (exact) mass is 498 g/mol. The van der Waals surface area contributed by atoms with E-state index in [0.29, 0.717) is 6.42 Å². The number of piperazine rings is 1. The Labute approximate surface area is 205 Å². The Morgan fingerprint density at radius 1 is 1.06 bits per heavy atom. The van der Waals surface area contributed by atoms with Gasteiger partial charge in [-0.05, 0) is 48.7 Å². The van der Waals surface area contributed by atoms with Crippen LogP contribution in [0.4, 0.5) is 11.4 Å². The summed E-state index contributed by atoms with van der Waals surface area (Å²) in [5, 5.41) is 4.09. The number of hydrogen-bond donors (Lipinski definition) is 1. The van der Waals surface area contributed by atoms with Crippen molar-refractivity contribution in [3.63, 3.8) is 0 Å². The normalized spacial score (nSPS) is 23.5. The average molecular weight is 499 g/mol. The highest BCUT2D eigenvalue weighted by Gasteiger charge is 2.42. The lowest BCUT2D eigenvalue weighted by molar-refractivity contribution is -0.130. The minimum atomic E-state index is -2.94. The molecule has 0 aliphatic carbocycles. The average Bonchev–Trinajstić information content (AvgIpc) is 3.29. The predicted molar refractivity (Wildman–Crippen MR) is 140 cm³/mol. The number of aryl methyl sites for hydroxylation is 1. The molecule has 180 valence electrons. The van der Waals surface area contributed by atoms with E-state index in [2.05, 4.69) is 47.3 Å². The molecule has 0 bridgehead atoms. The predicted octanol–water partition coefficient (Wildman–Crippen LogP) is 2.88. The number of fused-ring (bicyclic) bond motifs is 1. The van der Waals surface area contributed by atoms with E-state index in [1.54, 1.807) is 0 Å². The molecule has 1 N–H and O–H groups in total. The minimum absolute atomic E-state index is 0.0275. The Morgan fingerprint density at radius 2 is 1.79 bits per heavy atom. The lowest BCUT2D eigenvalue weighted by atomic mass is 10.1. The van der Waals surface area contributed by atoms with Crippen LogP contribution in [-0.2, 0) is 21.1 Å². The second-order valence-electron chi connectivity index (χ2n) is 9.32. The summed E-state index contributed by atoms with van der Waals surface area (Å²) in [7, 11) is -2.94. The molecular formula is C25H30N4O3S2. The van der Waals surface area contributed by atoms with Crippen LogP contribution in [0.25, 0.3) is 0 Å². The van der Waals surface area contributed by atoms with Crippen molar-refractivity contribution in [2.45, 2.75) is 31.6 Å². The van der Waals surface area contributed by atoms with Gasteiger partial charge in [0.05, 0.1) is 24.0 Å². The summed E-state index contributed by atoms with van der Waals surface area (Å²) in [4.78, 5) is 21.8. The quantitative estimate of drug-likeness (QED) is 0.698. The lowest BCUT2D eigenvalue weighted by Gasteiger charge is -2.37. The molecular weight excluding hydrogens is 468 g/mol. The molecule has 2 aromatic carbocycles. The molecule has 2 aromatic rings. The summed E-state index contributed by atoms with van der Waals surface area (Å²) >= 11 is 1.51. The van der Waals surface area contributed by atoms with E-state index >= 15 is 0 Å². The van der Waals surface area contributed by atoms with Gasteiger partial charge in [0.1, 0.15) is 0 Å². The minimum Gasteiger partial charge on any atom is -0.368 e. The summed E-state index contributed by atoms with van der Waals surface area (Å²) in [5.41, 5.74) is 5.75. The number of hydrogen-bond acceptors (Lipinski definition) is 7. The number of carbonyl (C=O) groups excluding carboxylic acids is 1. The highest BCUT2D eigenvalue weighted by atomic mass is 32.2. The molecule has 1 amide bonds. The zero-order valence-electron chi connectivity index (χ0n) is 19.5. The molecule has 0 spiro atoms. The third-order valence-corrected chi connectivity index (χ3v) is 10.1. The molecule has 9 heteroatoms. The summed E-state index contributed by atoms with van der Waals surface area (Å²) in [6.07, 6.45) is 0.390. The fraction of sp³-hybridized carbons (Fsp3) is 0.440. The van der Waals surface area contributed by atoms with Gasteiger partial charge in [0.15, 0.2) is 15.0 Å². The number of amides is 1. The first-order valence-electron chi connectivity index (χ1n) is 11.7. The third-order valence-electron chi connectivity index (χ3n) is 6.93. The first-order valence-corrected chi connectivity index (χ1v) is 14.4. The molecule has 0 unspecified atom stereocenters. The number of amidine groups is 1. The zero-order valence-corrected chi connectivity index (χ0v) is 21.2. The van der Waals surface area contributed by atoms with E-state index in [0.717, 1.165) is 42.6 Å². The Morgan fingerprint density at radius 3 is 2.50 bits per heavy atom. The van der Waals surface area contributed by atoms with E-state index < -0.39 is 9.84 Å². The highest BCUT2D eigenvalue weighted by Crippen LogP contribution is 2.34. The van der Waals surface area contributed by atoms with Crippen molar-refractivity contribution < 1.29 is 13.2 Å². The van der Waals surface area contributed by atoms with Gasteiger partial charge in [-0.15, -0.1) is 0 Å². The molecule has 2 atom stereocenters. The first-order chi connectivity index (χ1) is 16.3. The first kappa shape index (κ1) is 23.2. The van der Waals surface area contributed by atoms with Crippen LogP contribution < -0.4 is 10.2 Å². The second-order valence-corrected chi connectivity index (χ2v) is 12.7. The van der Waals surface area contributed by atoms with Gasteiger partial charge >= 0.3 is 0 Å². The number of aliphatic imine (C=N–C) groups is 1. The maximum atomic E-state index is 12.9. The second kappa shape index (κ2) is 9.26. The number of anilines is 2. The van der Waals surface area contributed by atoms with E-state index in [4.69, 9.17) is 0 Å². The van der Waals surface area contributed by atoms with Crippen LogP contribution in [0.5, 0.6) is 0 Å². The van der Waals surface area contributed by atoms with Gasteiger partial charge in [-0.2, -0.15) is 0 Å². The Hall–Kier alpha value is -2.52. The SMILES string of the molecule is Cc1cccc(N2CCN(C(=O)Cc3ccc(NC4=N[C@H]5CS(=O)(=O)C[C@@H]5S4)cc3)CC2)c1C. The van der Waals surface area contributed by atoms with Gasteiger partial charge < -0.3 is 15.1 Å². The number of rotatable bonds is 4. The van der Waals surface area contributed by atoms with Crippen LogP contribution in [-0.4, -0.2) is 73.4 Å². The molecule has 3 heterocycles. The molecule has 5 rings (SSSR count). The van der Waals surface area contributed by atoms with Gasteiger partial charge in [0, 0.05) is 42.8 Å². The standard InChI is InChI=1S/C25H30N4O3S2/c1-17-4-3-5-22(18(17)2)28-10-12-29(13-11-28)24(30)14-19-6-8-20(9-7-19)26-25-27-21-15-34(31,32)16-23(21)33-25/h3-9,21,23H,10-16H2,1-2H3,(H,26,27)/t21-,23-/m0/s1. The smallest absolute Gasteiger partial charge is 0.227 e.